The van der Waals surface area contributed by atoms with Crippen molar-refractivity contribution in [2.75, 3.05) is 0 Å². The predicted octanol–water partition coefficient (Wildman–Crippen LogP) is 1.33. The van der Waals surface area contributed by atoms with E-state index < -0.39 is 20.7 Å². The van der Waals surface area contributed by atoms with Crippen LogP contribution in [0.4, 0.5) is 0 Å². The summed E-state index contributed by atoms with van der Waals surface area (Å²) in [5.41, 5.74) is 0.511. The molecule has 0 bridgehead atoms. The lowest BCUT2D eigenvalue weighted by Gasteiger charge is -2.17. The average molecular weight is 348 g/mol. The minimum absolute atomic E-state index is 0.255. The Hall–Kier alpha value is -3.18. The van der Waals surface area contributed by atoms with E-state index in [1.807, 2.05) is 42.5 Å². The largest absolute Gasteiger partial charge is 0.478 e. The van der Waals surface area contributed by atoms with E-state index in [2.05, 4.69) is 12.1 Å². The number of aromatic carboxylic acids is 2. The molecular formula is C20H16O4Si. The Morgan fingerprint density at radius 2 is 0.920 bits per heavy atom. The van der Waals surface area contributed by atoms with E-state index in [0.29, 0.717) is 0 Å². The van der Waals surface area contributed by atoms with Gasteiger partial charge in [0.25, 0.3) is 0 Å². The van der Waals surface area contributed by atoms with Gasteiger partial charge in [-0.15, -0.1) is 0 Å². The van der Waals surface area contributed by atoms with Crippen molar-refractivity contribution >= 4 is 36.3 Å². The molecule has 0 aromatic heterocycles. The molecule has 3 rings (SSSR count). The van der Waals surface area contributed by atoms with Crippen molar-refractivity contribution in [3.8, 4) is 0 Å². The minimum Gasteiger partial charge on any atom is -0.478 e. The van der Waals surface area contributed by atoms with Gasteiger partial charge >= 0.3 is 11.9 Å². The van der Waals surface area contributed by atoms with Crippen LogP contribution in [0.1, 0.15) is 20.7 Å². The summed E-state index contributed by atoms with van der Waals surface area (Å²) in [5.74, 6) is -1.90. The fraction of sp³-hybridized carbons (Fsp3) is 0. The summed E-state index contributed by atoms with van der Waals surface area (Å²) in [6.07, 6.45) is 0. The zero-order valence-corrected chi connectivity index (χ0v) is 14.4. The van der Waals surface area contributed by atoms with Crippen LogP contribution >= 0.6 is 0 Å². The molecule has 0 spiro atoms. The summed E-state index contributed by atoms with van der Waals surface area (Å²) >= 11 is 0. The first-order valence-corrected chi connectivity index (χ1v) is 9.51. The van der Waals surface area contributed by atoms with Gasteiger partial charge in [-0.3, -0.25) is 0 Å². The first kappa shape index (κ1) is 16.7. The van der Waals surface area contributed by atoms with E-state index in [4.69, 9.17) is 10.2 Å². The van der Waals surface area contributed by atoms with Gasteiger partial charge in [0.1, 0.15) is 8.80 Å². The van der Waals surface area contributed by atoms with Gasteiger partial charge < -0.3 is 10.2 Å². The molecule has 0 heterocycles. The maximum absolute atomic E-state index is 11.1. The number of carbonyl (C=O) groups is 2. The number of benzene rings is 3. The van der Waals surface area contributed by atoms with E-state index >= 15 is 0 Å². The second-order valence-electron chi connectivity index (χ2n) is 5.70. The van der Waals surface area contributed by atoms with E-state index in [9.17, 15) is 9.59 Å². The Balaban J connectivity index is 2.07. The minimum atomic E-state index is -1.80. The quantitative estimate of drug-likeness (QED) is 0.539. The highest BCUT2D eigenvalue weighted by atomic mass is 28.3. The zero-order valence-electron chi connectivity index (χ0n) is 13.3. The number of carboxylic acids is 2. The van der Waals surface area contributed by atoms with Crippen molar-refractivity contribution in [1.29, 1.82) is 0 Å². The van der Waals surface area contributed by atoms with Crippen LogP contribution in [0, 0.1) is 0 Å². The number of carboxylic acid groups (broad SMARTS) is 2. The highest BCUT2D eigenvalue weighted by Gasteiger charge is 2.19. The smallest absolute Gasteiger partial charge is 0.335 e. The highest BCUT2D eigenvalue weighted by Crippen LogP contribution is 2.02. The molecule has 124 valence electrons. The van der Waals surface area contributed by atoms with Crippen molar-refractivity contribution in [1.82, 2.24) is 0 Å². The molecule has 25 heavy (non-hydrogen) atoms. The molecule has 0 aliphatic rings. The van der Waals surface area contributed by atoms with Crippen molar-refractivity contribution in [3.05, 3.63) is 90.0 Å². The second kappa shape index (κ2) is 7.15. The van der Waals surface area contributed by atoms with Crippen LogP contribution in [0.3, 0.4) is 0 Å². The molecule has 0 amide bonds. The van der Waals surface area contributed by atoms with Crippen LogP contribution in [-0.2, 0) is 0 Å². The maximum atomic E-state index is 11.1. The Morgan fingerprint density at radius 1 is 0.560 bits per heavy atom. The molecular weight excluding hydrogens is 332 g/mol. The third-order valence-corrected chi connectivity index (χ3v) is 7.27. The Labute approximate surface area is 146 Å². The first-order valence-electron chi connectivity index (χ1n) is 7.77. The van der Waals surface area contributed by atoms with E-state index in [1.165, 1.54) is 5.19 Å². The molecule has 3 aromatic carbocycles. The highest BCUT2D eigenvalue weighted by molar-refractivity contribution is 6.95. The topological polar surface area (TPSA) is 74.6 Å². The molecule has 2 N–H and O–H groups in total. The Morgan fingerprint density at radius 3 is 1.28 bits per heavy atom. The molecule has 0 atom stereocenters. The summed E-state index contributed by atoms with van der Waals surface area (Å²) in [6, 6.07) is 23.9. The van der Waals surface area contributed by atoms with E-state index in [1.54, 1.807) is 24.3 Å². The first-order chi connectivity index (χ1) is 12.1. The van der Waals surface area contributed by atoms with Crippen molar-refractivity contribution in [2.45, 2.75) is 0 Å². The molecule has 4 nitrogen and oxygen atoms in total. The van der Waals surface area contributed by atoms with Crippen LogP contribution in [0.5, 0.6) is 0 Å². The summed E-state index contributed by atoms with van der Waals surface area (Å²) in [5, 5.41) is 21.5. The number of hydrogen-bond acceptors (Lipinski definition) is 2. The summed E-state index contributed by atoms with van der Waals surface area (Å²) in [4.78, 5) is 22.2. The van der Waals surface area contributed by atoms with E-state index in [0.717, 1.165) is 10.4 Å². The molecule has 0 aliphatic carbocycles. The summed E-state index contributed by atoms with van der Waals surface area (Å²) in [7, 11) is -1.80. The van der Waals surface area contributed by atoms with Crippen LogP contribution in [-0.4, -0.2) is 30.9 Å². The normalized spacial score (nSPS) is 10.6. The summed E-state index contributed by atoms with van der Waals surface area (Å²) < 4.78 is 0. The van der Waals surface area contributed by atoms with E-state index in [-0.39, 0.29) is 11.1 Å². The van der Waals surface area contributed by atoms with Crippen molar-refractivity contribution in [2.24, 2.45) is 0 Å². The predicted molar refractivity (Wildman–Crippen MR) is 99.3 cm³/mol. The SMILES string of the molecule is O=C(O)c1ccc([SiH](c2ccccc2)c2ccc(C(=O)O)cc2)cc1. The van der Waals surface area contributed by atoms with Crippen molar-refractivity contribution in [3.63, 3.8) is 0 Å². The van der Waals surface area contributed by atoms with Crippen LogP contribution in [0.2, 0.25) is 0 Å². The van der Waals surface area contributed by atoms with Gasteiger partial charge in [-0.25, -0.2) is 9.59 Å². The van der Waals surface area contributed by atoms with Crippen molar-refractivity contribution < 1.29 is 19.8 Å². The lowest BCUT2D eigenvalue weighted by atomic mass is 10.2. The molecule has 5 heteroatoms. The third-order valence-electron chi connectivity index (χ3n) is 4.11. The fourth-order valence-corrected chi connectivity index (χ4v) is 5.78. The third kappa shape index (κ3) is 3.67. The van der Waals surface area contributed by atoms with Crippen LogP contribution < -0.4 is 15.6 Å². The van der Waals surface area contributed by atoms with Gasteiger partial charge in [-0.2, -0.15) is 0 Å². The second-order valence-corrected chi connectivity index (χ2v) is 8.56. The number of rotatable bonds is 5. The summed E-state index contributed by atoms with van der Waals surface area (Å²) in [6.45, 7) is 0. The van der Waals surface area contributed by atoms with Gasteiger partial charge in [0.15, 0.2) is 0 Å². The van der Waals surface area contributed by atoms with Crippen LogP contribution in [0.25, 0.3) is 0 Å². The standard InChI is InChI=1S/C20H16O4Si/c21-19(22)14-6-10-17(11-7-14)25(16-4-2-1-3-5-16)18-12-8-15(9-13-18)20(23)24/h1-13,25H,(H,21,22)(H,23,24). The molecule has 0 saturated heterocycles. The lowest BCUT2D eigenvalue weighted by Crippen LogP contribution is -2.51. The monoisotopic (exact) mass is 348 g/mol. The maximum Gasteiger partial charge on any atom is 0.335 e. The van der Waals surface area contributed by atoms with Gasteiger partial charge in [0.2, 0.25) is 0 Å². The fourth-order valence-electron chi connectivity index (χ4n) is 2.86. The molecule has 0 radical (unpaired) electrons. The van der Waals surface area contributed by atoms with Gasteiger partial charge in [0.05, 0.1) is 11.1 Å². The molecule has 0 saturated carbocycles. The number of hydrogen-bond donors (Lipinski definition) is 2. The lowest BCUT2D eigenvalue weighted by molar-refractivity contribution is 0.0686. The molecule has 0 unspecified atom stereocenters. The molecule has 3 aromatic rings. The Bertz CT molecular complexity index is 830. The zero-order chi connectivity index (χ0) is 17.8. The molecule has 0 fully saturated rings. The van der Waals surface area contributed by atoms with Crippen LogP contribution in [0.15, 0.2) is 78.9 Å². The average Bonchev–Trinajstić information content (AvgIpc) is 2.64. The van der Waals surface area contributed by atoms with Gasteiger partial charge in [-0.1, -0.05) is 70.2 Å². The van der Waals surface area contributed by atoms with Gasteiger partial charge in [-0.05, 0) is 24.3 Å². The molecule has 0 aliphatic heterocycles. The Kier molecular flexibility index (Phi) is 4.77. The van der Waals surface area contributed by atoms with Gasteiger partial charge in [0, 0.05) is 0 Å².